The van der Waals surface area contributed by atoms with Gasteiger partial charge < -0.3 is 28.8 Å². The lowest BCUT2D eigenvalue weighted by molar-refractivity contribution is -0.363. The van der Waals surface area contributed by atoms with Gasteiger partial charge in [0, 0.05) is 12.7 Å². The molecule has 2 heterocycles. The zero-order valence-corrected chi connectivity index (χ0v) is 15.1. The second-order valence-electron chi connectivity index (χ2n) is 6.71. The van der Waals surface area contributed by atoms with Crippen molar-refractivity contribution in [2.75, 3.05) is 13.7 Å². The monoisotopic (exact) mass is 372 g/mol. The summed E-state index contributed by atoms with van der Waals surface area (Å²) in [6, 6.07) is 19.4. The predicted octanol–water partition coefficient (Wildman–Crippen LogP) is 2.42. The molecule has 6 nitrogen and oxygen atoms in total. The third-order valence-electron chi connectivity index (χ3n) is 4.90. The fourth-order valence-corrected chi connectivity index (χ4v) is 3.48. The van der Waals surface area contributed by atoms with Gasteiger partial charge in [-0.05, 0) is 5.56 Å². The van der Waals surface area contributed by atoms with Crippen LogP contribution in [0.25, 0.3) is 0 Å². The maximum absolute atomic E-state index is 10.9. The minimum absolute atomic E-state index is 0.312. The number of fused-ring (bicyclic) bond motifs is 1. The summed E-state index contributed by atoms with van der Waals surface area (Å²) in [6.07, 6.45) is -3.76. The van der Waals surface area contributed by atoms with E-state index in [-0.39, 0.29) is 0 Å². The number of aliphatic hydroxyl groups is 1. The summed E-state index contributed by atoms with van der Waals surface area (Å²) in [5.74, 6) is 0. The molecule has 1 unspecified atom stereocenters. The van der Waals surface area contributed by atoms with Gasteiger partial charge in [0.25, 0.3) is 0 Å². The molecular weight excluding hydrogens is 348 g/mol. The fourth-order valence-electron chi connectivity index (χ4n) is 3.48. The highest BCUT2D eigenvalue weighted by Gasteiger charge is 2.50. The summed E-state index contributed by atoms with van der Waals surface area (Å²) in [5, 5.41) is 10.9. The number of benzene rings is 2. The van der Waals surface area contributed by atoms with Crippen LogP contribution in [0.1, 0.15) is 17.4 Å². The second-order valence-corrected chi connectivity index (χ2v) is 6.71. The summed E-state index contributed by atoms with van der Waals surface area (Å²) in [5.41, 5.74) is 1.91. The van der Waals surface area contributed by atoms with E-state index in [1.807, 2.05) is 60.7 Å². The van der Waals surface area contributed by atoms with Gasteiger partial charge >= 0.3 is 0 Å². The molecule has 2 aromatic rings. The molecule has 0 spiro atoms. The predicted molar refractivity (Wildman–Crippen MR) is 96.7 cm³/mol. The molecule has 0 aliphatic carbocycles. The molecule has 144 valence electrons. The van der Waals surface area contributed by atoms with E-state index in [1.54, 1.807) is 0 Å². The van der Waals surface area contributed by atoms with Gasteiger partial charge in [-0.2, -0.15) is 0 Å². The molecule has 2 aliphatic rings. The van der Waals surface area contributed by atoms with Gasteiger partial charge in [0.15, 0.2) is 12.6 Å². The first-order valence-corrected chi connectivity index (χ1v) is 9.10. The Hall–Kier alpha value is -1.80. The van der Waals surface area contributed by atoms with Gasteiger partial charge in [-0.25, -0.2) is 0 Å². The summed E-state index contributed by atoms with van der Waals surface area (Å²) < 4.78 is 29.1. The standard InChI is InChI=1S/C21H24O6/c1-23-21-19(24-12-14-8-4-2-5-9-14)17(22)18-16(26-21)13-25-20(27-18)15-10-6-3-7-11-15/h2-11,16-22H,12-13H2,1H3/t16-,17+,18-,19-,20-,21?/m1/s1. The molecule has 2 aliphatic heterocycles. The van der Waals surface area contributed by atoms with Crippen LogP contribution in [0.4, 0.5) is 0 Å². The van der Waals surface area contributed by atoms with Crippen LogP contribution < -0.4 is 0 Å². The third-order valence-corrected chi connectivity index (χ3v) is 4.90. The Morgan fingerprint density at radius 1 is 1.00 bits per heavy atom. The summed E-state index contributed by atoms with van der Waals surface area (Å²) >= 11 is 0. The van der Waals surface area contributed by atoms with Gasteiger partial charge in [-0.15, -0.1) is 0 Å². The van der Waals surface area contributed by atoms with Crippen molar-refractivity contribution in [3.63, 3.8) is 0 Å². The Labute approximate surface area is 158 Å². The number of methoxy groups -OCH3 is 1. The van der Waals surface area contributed by atoms with Crippen molar-refractivity contribution >= 4 is 0 Å². The highest BCUT2D eigenvalue weighted by atomic mass is 16.8. The first-order chi connectivity index (χ1) is 13.3. The number of aliphatic hydroxyl groups excluding tert-OH is 1. The van der Waals surface area contributed by atoms with Crippen LogP contribution in [0, 0.1) is 0 Å². The van der Waals surface area contributed by atoms with E-state index in [2.05, 4.69) is 0 Å². The molecule has 2 aromatic carbocycles. The van der Waals surface area contributed by atoms with Crippen molar-refractivity contribution in [1.82, 2.24) is 0 Å². The number of rotatable bonds is 5. The molecule has 0 amide bonds. The van der Waals surface area contributed by atoms with E-state index in [0.717, 1.165) is 11.1 Å². The van der Waals surface area contributed by atoms with Crippen LogP contribution in [-0.2, 0) is 30.3 Å². The molecular formula is C21H24O6. The molecule has 0 bridgehead atoms. The Morgan fingerprint density at radius 3 is 2.41 bits per heavy atom. The van der Waals surface area contributed by atoms with Gasteiger partial charge in [-0.3, -0.25) is 0 Å². The first kappa shape index (κ1) is 18.6. The molecule has 27 heavy (non-hydrogen) atoms. The molecule has 6 atom stereocenters. The lowest BCUT2D eigenvalue weighted by Crippen LogP contribution is -2.62. The largest absolute Gasteiger partial charge is 0.387 e. The molecule has 0 saturated carbocycles. The lowest BCUT2D eigenvalue weighted by atomic mass is 9.97. The zero-order chi connectivity index (χ0) is 18.6. The maximum atomic E-state index is 10.9. The van der Waals surface area contributed by atoms with Crippen LogP contribution in [-0.4, -0.2) is 49.5 Å². The van der Waals surface area contributed by atoms with Crippen LogP contribution in [0.5, 0.6) is 0 Å². The fraction of sp³-hybridized carbons (Fsp3) is 0.429. The van der Waals surface area contributed by atoms with Crippen molar-refractivity contribution in [3.05, 3.63) is 71.8 Å². The minimum Gasteiger partial charge on any atom is -0.387 e. The van der Waals surface area contributed by atoms with Crippen molar-refractivity contribution < 1.29 is 28.8 Å². The lowest BCUT2D eigenvalue weighted by Gasteiger charge is -2.47. The highest BCUT2D eigenvalue weighted by Crippen LogP contribution is 2.35. The van der Waals surface area contributed by atoms with Crippen molar-refractivity contribution in [2.24, 2.45) is 0 Å². The summed E-state index contributed by atoms with van der Waals surface area (Å²) in [6.45, 7) is 0.661. The van der Waals surface area contributed by atoms with Crippen LogP contribution >= 0.6 is 0 Å². The summed E-state index contributed by atoms with van der Waals surface area (Å²) in [7, 11) is 1.54. The first-order valence-electron chi connectivity index (χ1n) is 9.10. The van der Waals surface area contributed by atoms with E-state index in [4.69, 9.17) is 23.7 Å². The Kier molecular flexibility index (Phi) is 5.83. The van der Waals surface area contributed by atoms with Crippen LogP contribution in [0.3, 0.4) is 0 Å². The number of hydrogen-bond acceptors (Lipinski definition) is 6. The maximum Gasteiger partial charge on any atom is 0.186 e. The van der Waals surface area contributed by atoms with Crippen molar-refractivity contribution in [1.29, 1.82) is 0 Å². The third kappa shape index (κ3) is 4.06. The summed E-state index contributed by atoms with van der Waals surface area (Å²) in [4.78, 5) is 0. The highest BCUT2D eigenvalue weighted by molar-refractivity contribution is 5.17. The van der Waals surface area contributed by atoms with E-state index in [1.165, 1.54) is 7.11 Å². The smallest absolute Gasteiger partial charge is 0.186 e. The van der Waals surface area contributed by atoms with Crippen LogP contribution in [0.2, 0.25) is 0 Å². The van der Waals surface area contributed by atoms with Crippen molar-refractivity contribution in [2.45, 2.75) is 43.6 Å². The van der Waals surface area contributed by atoms with Gasteiger partial charge in [0.1, 0.15) is 24.4 Å². The SMILES string of the molecule is COC1O[C@@H]2CO[C@@H](c3ccccc3)O[C@H]2[C@H](O)[C@H]1OCc1ccccc1. The van der Waals surface area contributed by atoms with E-state index >= 15 is 0 Å². The van der Waals surface area contributed by atoms with E-state index in [0.29, 0.717) is 13.2 Å². The minimum atomic E-state index is -0.896. The molecule has 0 radical (unpaired) electrons. The van der Waals surface area contributed by atoms with Gasteiger partial charge in [0.2, 0.25) is 0 Å². The molecule has 0 aromatic heterocycles. The van der Waals surface area contributed by atoms with Gasteiger partial charge in [0.05, 0.1) is 13.2 Å². The topological polar surface area (TPSA) is 66.4 Å². The normalized spacial score (nSPS) is 33.4. The average Bonchev–Trinajstić information content (AvgIpc) is 2.74. The Bertz CT molecular complexity index is 703. The average molecular weight is 372 g/mol. The molecule has 4 rings (SSSR count). The van der Waals surface area contributed by atoms with Crippen molar-refractivity contribution in [3.8, 4) is 0 Å². The van der Waals surface area contributed by atoms with E-state index < -0.39 is 37.0 Å². The van der Waals surface area contributed by atoms with Crippen LogP contribution in [0.15, 0.2) is 60.7 Å². The zero-order valence-electron chi connectivity index (χ0n) is 15.1. The quantitative estimate of drug-likeness (QED) is 0.870. The second kappa shape index (κ2) is 8.48. The molecule has 6 heteroatoms. The molecule has 2 fully saturated rings. The number of hydrogen-bond donors (Lipinski definition) is 1. The van der Waals surface area contributed by atoms with Gasteiger partial charge in [-0.1, -0.05) is 60.7 Å². The Morgan fingerprint density at radius 2 is 1.70 bits per heavy atom. The van der Waals surface area contributed by atoms with E-state index in [9.17, 15) is 5.11 Å². The number of ether oxygens (including phenoxy) is 5. The Balaban J connectivity index is 1.46. The molecule has 2 saturated heterocycles. The molecule has 1 N–H and O–H groups in total.